The highest BCUT2D eigenvalue weighted by atomic mass is 79.9. The number of carbonyl (C=O) groups is 2. The molecule has 0 aliphatic carbocycles. The maximum Gasteiger partial charge on any atom is 0.253 e. The van der Waals surface area contributed by atoms with Crippen LogP contribution in [0.5, 0.6) is 0 Å². The second-order valence-corrected chi connectivity index (χ2v) is 6.99. The summed E-state index contributed by atoms with van der Waals surface area (Å²) in [6, 6.07) is 2.93. The first-order chi connectivity index (χ1) is 10.8. The summed E-state index contributed by atoms with van der Waals surface area (Å²) >= 11 is 3.22. The van der Waals surface area contributed by atoms with E-state index in [2.05, 4.69) is 21.2 Å². The Morgan fingerprint density at radius 1 is 1.35 bits per heavy atom. The highest BCUT2D eigenvalue weighted by Gasteiger charge is 2.25. The number of nitrogens with one attached hydrogen (secondary N) is 1. The number of piperidine rings is 1. The number of hydrogen-bond donors (Lipinski definition) is 2. The van der Waals surface area contributed by atoms with Crippen molar-refractivity contribution in [3.8, 4) is 0 Å². The van der Waals surface area contributed by atoms with Gasteiger partial charge in [-0.2, -0.15) is 0 Å². The van der Waals surface area contributed by atoms with Crippen molar-refractivity contribution in [3.63, 3.8) is 0 Å². The second kappa shape index (κ2) is 7.29. The van der Waals surface area contributed by atoms with E-state index in [1.165, 1.54) is 6.07 Å². The van der Waals surface area contributed by atoms with Crippen molar-refractivity contribution in [1.82, 2.24) is 4.90 Å². The van der Waals surface area contributed by atoms with Gasteiger partial charge in [0.15, 0.2) is 0 Å². The SMILES string of the molecule is CC(C)C(=O)N1CCC(Nc2cc(Br)cc(F)c2C(N)=O)CC1. The van der Waals surface area contributed by atoms with Crippen LogP contribution in [0.15, 0.2) is 16.6 Å². The molecule has 0 spiro atoms. The van der Waals surface area contributed by atoms with Gasteiger partial charge >= 0.3 is 0 Å². The van der Waals surface area contributed by atoms with E-state index in [1.54, 1.807) is 6.07 Å². The lowest BCUT2D eigenvalue weighted by Crippen LogP contribution is -2.44. The smallest absolute Gasteiger partial charge is 0.253 e. The minimum atomic E-state index is -0.801. The summed E-state index contributed by atoms with van der Waals surface area (Å²) in [6.07, 6.45) is 1.48. The Morgan fingerprint density at radius 3 is 2.48 bits per heavy atom. The molecule has 0 saturated carbocycles. The molecule has 0 radical (unpaired) electrons. The topological polar surface area (TPSA) is 75.4 Å². The first kappa shape index (κ1) is 17.7. The number of likely N-dealkylation sites (tertiary alicyclic amines) is 1. The molecule has 1 fully saturated rings. The number of nitrogens with two attached hydrogens (primary N) is 1. The third kappa shape index (κ3) is 4.22. The van der Waals surface area contributed by atoms with E-state index in [1.807, 2.05) is 18.7 Å². The number of hydrogen-bond acceptors (Lipinski definition) is 3. The zero-order valence-corrected chi connectivity index (χ0v) is 14.8. The van der Waals surface area contributed by atoms with Crippen molar-refractivity contribution in [2.75, 3.05) is 18.4 Å². The lowest BCUT2D eigenvalue weighted by Gasteiger charge is -2.34. The number of benzene rings is 1. The molecular weight excluding hydrogens is 365 g/mol. The third-order valence-corrected chi connectivity index (χ3v) is 4.42. The van der Waals surface area contributed by atoms with Crippen LogP contribution in [0.25, 0.3) is 0 Å². The summed E-state index contributed by atoms with van der Waals surface area (Å²) in [4.78, 5) is 25.3. The molecule has 1 saturated heterocycles. The number of amides is 2. The van der Waals surface area contributed by atoms with E-state index < -0.39 is 11.7 Å². The average molecular weight is 386 g/mol. The van der Waals surface area contributed by atoms with E-state index in [-0.39, 0.29) is 23.4 Å². The van der Waals surface area contributed by atoms with Gasteiger partial charge in [-0.3, -0.25) is 9.59 Å². The van der Waals surface area contributed by atoms with Gasteiger partial charge in [-0.25, -0.2) is 4.39 Å². The molecule has 2 rings (SSSR count). The van der Waals surface area contributed by atoms with Gasteiger partial charge in [0, 0.05) is 29.5 Å². The number of rotatable bonds is 4. The molecule has 0 aromatic heterocycles. The zero-order chi connectivity index (χ0) is 17.1. The number of anilines is 1. The van der Waals surface area contributed by atoms with Crippen LogP contribution in [0.3, 0.4) is 0 Å². The van der Waals surface area contributed by atoms with E-state index >= 15 is 0 Å². The second-order valence-electron chi connectivity index (χ2n) is 6.07. The van der Waals surface area contributed by atoms with Crippen molar-refractivity contribution in [1.29, 1.82) is 0 Å². The first-order valence-corrected chi connectivity index (χ1v) is 8.43. The van der Waals surface area contributed by atoms with Crippen LogP contribution >= 0.6 is 15.9 Å². The summed E-state index contributed by atoms with van der Waals surface area (Å²) in [5.41, 5.74) is 5.53. The Kier molecular flexibility index (Phi) is 5.62. The van der Waals surface area contributed by atoms with E-state index in [0.717, 1.165) is 12.8 Å². The van der Waals surface area contributed by atoms with Crippen molar-refractivity contribution in [3.05, 3.63) is 28.0 Å². The lowest BCUT2D eigenvalue weighted by atomic mass is 10.0. The summed E-state index contributed by atoms with van der Waals surface area (Å²) in [5.74, 6) is -1.32. The van der Waals surface area contributed by atoms with Gasteiger partial charge in [-0.15, -0.1) is 0 Å². The Labute approximate surface area is 143 Å². The number of primary amides is 1. The monoisotopic (exact) mass is 385 g/mol. The zero-order valence-electron chi connectivity index (χ0n) is 13.2. The molecular formula is C16H21BrFN3O2. The van der Waals surface area contributed by atoms with Crippen LogP contribution in [0.2, 0.25) is 0 Å². The third-order valence-electron chi connectivity index (χ3n) is 3.96. The standard InChI is InChI=1S/C16H21BrFN3O2/c1-9(2)16(23)21-5-3-11(4-6-21)20-13-8-10(17)7-12(18)14(13)15(19)22/h7-9,11,20H,3-6H2,1-2H3,(H2,19,22). The van der Waals surface area contributed by atoms with Gasteiger partial charge < -0.3 is 16.0 Å². The van der Waals surface area contributed by atoms with Gasteiger partial charge in [0.2, 0.25) is 5.91 Å². The van der Waals surface area contributed by atoms with Crippen LogP contribution in [0.4, 0.5) is 10.1 Å². The summed E-state index contributed by atoms with van der Waals surface area (Å²) in [7, 11) is 0. The molecule has 1 heterocycles. The number of nitrogens with zero attached hydrogens (tertiary/aromatic N) is 1. The molecule has 0 unspecified atom stereocenters. The molecule has 7 heteroatoms. The van der Waals surface area contributed by atoms with Crippen LogP contribution < -0.4 is 11.1 Å². The van der Waals surface area contributed by atoms with E-state index in [4.69, 9.17) is 5.73 Å². The molecule has 1 aliphatic rings. The number of carbonyl (C=O) groups excluding carboxylic acids is 2. The fraction of sp³-hybridized carbons (Fsp3) is 0.500. The highest BCUT2D eigenvalue weighted by Crippen LogP contribution is 2.27. The van der Waals surface area contributed by atoms with Crippen molar-refractivity contribution in [2.24, 2.45) is 11.7 Å². The summed E-state index contributed by atoms with van der Waals surface area (Å²) in [6.45, 7) is 5.07. The lowest BCUT2D eigenvalue weighted by molar-refractivity contribution is -0.135. The Hall–Kier alpha value is -1.63. The first-order valence-electron chi connectivity index (χ1n) is 7.63. The predicted molar refractivity (Wildman–Crippen MR) is 90.7 cm³/mol. The highest BCUT2D eigenvalue weighted by molar-refractivity contribution is 9.10. The maximum atomic E-state index is 13.9. The van der Waals surface area contributed by atoms with Crippen LogP contribution in [0, 0.1) is 11.7 Å². The molecule has 0 atom stereocenters. The van der Waals surface area contributed by atoms with E-state index in [9.17, 15) is 14.0 Å². The van der Waals surface area contributed by atoms with Crippen LogP contribution in [-0.2, 0) is 4.79 Å². The Bertz CT molecular complexity index is 614. The molecule has 1 aromatic rings. The van der Waals surface area contributed by atoms with Crippen molar-refractivity contribution >= 4 is 33.4 Å². The molecule has 23 heavy (non-hydrogen) atoms. The average Bonchev–Trinajstić information content (AvgIpc) is 2.46. The Morgan fingerprint density at radius 2 is 1.96 bits per heavy atom. The van der Waals surface area contributed by atoms with Gasteiger partial charge in [0.1, 0.15) is 5.82 Å². The van der Waals surface area contributed by atoms with E-state index in [0.29, 0.717) is 23.2 Å². The van der Waals surface area contributed by atoms with Gasteiger partial charge in [0.05, 0.1) is 11.3 Å². The molecule has 2 amide bonds. The van der Waals surface area contributed by atoms with Crippen molar-refractivity contribution < 1.29 is 14.0 Å². The van der Waals surface area contributed by atoms with Gasteiger partial charge in [0.25, 0.3) is 5.91 Å². The minimum Gasteiger partial charge on any atom is -0.381 e. The number of halogens is 2. The van der Waals surface area contributed by atoms with Crippen molar-refractivity contribution in [2.45, 2.75) is 32.7 Å². The molecule has 5 nitrogen and oxygen atoms in total. The largest absolute Gasteiger partial charge is 0.381 e. The van der Waals surface area contributed by atoms with Gasteiger partial charge in [-0.1, -0.05) is 29.8 Å². The molecule has 1 aliphatic heterocycles. The summed E-state index contributed by atoms with van der Waals surface area (Å²) < 4.78 is 14.5. The molecule has 3 N–H and O–H groups in total. The fourth-order valence-corrected chi connectivity index (χ4v) is 3.20. The quantitative estimate of drug-likeness (QED) is 0.836. The normalized spacial score (nSPS) is 15.8. The van der Waals surface area contributed by atoms with Gasteiger partial charge in [-0.05, 0) is 25.0 Å². The Balaban J connectivity index is 2.07. The fourth-order valence-electron chi connectivity index (χ4n) is 2.77. The minimum absolute atomic E-state index is 0.0138. The molecule has 126 valence electrons. The molecule has 0 bridgehead atoms. The summed E-state index contributed by atoms with van der Waals surface area (Å²) in [5, 5.41) is 3.19. The maximum absolute atomic E-state index is 13.9. The predicted octanol–water partition coefficient (Wildman–Crippen LogP) is 2.75. The van der Waals surface area contributed by atoms with Crippen LogP contribution in [-0.4, -0.2) is 35.8 Å². The molecule has 1 aromatic carbocycles. The van der Waals surface area contributed by atoms with Crippen LogP contribution in [0.1, 0.15) is 37.0 Å².